The molecule has 0 bridgehead atoms. The number of nitrogens with one attached hydrogen (secondary N) is 1. The number of aliphatic hydroxyl groups is 1. The first-order chi connectivity index (χ1) is 14.1. The summed E-state index contributed by atoms with van der Waals surface area (Å²) in [5, 5.41) is 11.9. The first-order valence-electron chi connectivity index (χ1n) is 9.10. The maximum absolute atomic E-state index is 12.6. The number of para-hydroxylation sites is 1. The number of amides is 1. The summed E-state index contributed by atoms with van der Waals surface area (Å²) in [5.74, 6) is -1.00. The lowest BCUT2D eigenvalue weighted by molar-refractivity contribution is -0.123. The van der Waals surface area contributed by atoms with Crippen LogP contribution in [0.15, 0.2) is 88.7 Å². The van der Waals surface area contributed by atoms with Gasteiger partial charge >= 0.3 is 5.97 Å². The summed E-state index contributed by atoms with van der Waals surface area (Å²) in [6, 6.07) is 23.7. The van der Waals surface area contributed by atoms with Crippen molar-refractivity contribution in [2.45, 2.75) is 29.4 Å². The molecule has 1 atom stereocenters. The zero-order chi connectivity index (χ0) is 20.6. The highest BCUT2D eigenvalue weighted by Crippen LogP contribution is 2.33. The Labute approximate surface area is 173 Å². The maximum atomic E-state index is 12.6. The quantitative estimate of drug-likeness (QED) is 0.564. The van der Waals surface area contributed by atoms with Crippen molar-refractivity contribution in [3.8, 4) is 0 Å². The zero-order valence-electron chi connectivity index (χ0n) is 15.9. The number of ether oxygens (including phenoxy) is 1. The number of anilines is 1. The summed E-state index contributed by atoms with van der Waals surface area (Å²) in [6.07, 6.45) is -0.963. The van der Waals surface area contributed by atoms with Gasteiger partial charge in [0.25, 0.3) is 5.91 Å². The van der Waals surface area contributed by atoms with Crippen LogP contribution < -0.4 is 5.32 Å². The second kappa shape index (κ2) is 9.91. The van der Waals surface area contributed by atoms with Crippen molar-refractivity contribution >= 4 is 29.3 Å². The van der Waals surface area contributed by atoms with Crippen molar-refractivity contribution in [1.29, 1.82) is 0 Å². The summed E-state index contributed by atoms with van der Waals surface area (Å²) in [7, 11) is 0. The van der Waals surface area contributed by atoms with E-state index in [1.165, 1.54) is 18.7 Å². The average molecular weight is 407 g/mol. The van der Waals surface area contributed by atoms with Crippen molar-refractivity contribution in [1.82, 2.24) is 0 Å². The van der Waals surface area contributed by atoms with Gasteiger partial charge in [-0.15, -0.1) is 0 Å². The first kappa shape index (κ1) is 20.6. The van der Waals surface area contributed by atoms with Crippen molar-refractivity contribution in [2.24, 2.45) is 0 Å². The largest absolute Gasteiger partial charge is 0.449 e. The molecule has 0 spiro atoms. The minimum Gasteiger partial charge on any atom is -0.449 e. The van der Waals surface area contributed by atoms with Crippen LogP contribution in [0.25, 0.3) is 0 Å². The summed E-state index contributed by atoms with van der Waals surface area (Å²) < 4.78 is 5.28. The predicted octanol–water partition coefficient (Wildman–Crippen LogP) is 4.51. The van der Waals surface area contributed by atoms with Crippen molar-refractivity contribution < 1.29 is 19.4 Å². The molecule has 148 valence electrons. The number of carbonyl (C=O) groups is 2. The van der Waals surface area contributed by atoms with E-state index in [4.69, 9.17) is 9.84 Å². The Morgan fingerprint density at radius 2 is 1.62 bits per heavy atom. The van der Waals surface area contributed by atoms with Gasteiger partial charge < -0.3 is 15.2 Å². The van der Waals surface area contributed by atoms with E-state index in [2.05, 4.69) is 5.32 Å². The molecule has 3 aromatic rings. The minimum atomic E-state index is -0.963. The lowest BCUT2D eigenvalue weighted by atomic mass is 10.1. The van der Waals surface area contributed by atoms with Crippen LogP contribution in [0.1, 0.15) is 22.8 Å². The highest BCUT2D eigenvalue weighted by atomic mass is 32.2. The molecule has 0 radical (unpaired) electrons. The van der Waals surface area contributed by atoms with Crippen LogP contribution in [0.5, 0.6) is 0 Å². The smallest absolute Gasteiger partial charge is 0.338 e. The van der Waals surface area contributed by atoms with Gasteiger partial charge in [0.15, 0.2) is 6.10 Å². The van der Waals surface area contributed by atoms with E-state index in [9.17, 15) is 9.59 Å². The van der Waals surface area contributed by atoms with Crippen molar-refractivity contribution in [2.75, 3.05) is 5.32 Å². The van der Waals surface area contributed by atoms with Gasteiger partial charge in [-0.2, -0.15) is 0 Å². The fourth-order valence-electron chi connectivity index (χ4n) is 2.54. The molecule has 0 aliphatic rings. The van der Waals surface area contributed by atoms with E-state index >= 15 is 0 Å². The molecule has 5 nitrogen and oxygen atoms in total. The third kappa shape index (κ3) is 5.70. The molecule has 0 aliphatic heterocycles. The van der Waals surface area contributed by atoms with E-state index in [1.807, 2.05) is 54.6 Å². The second-order valence-electron chi connectivity index (χ2n) is 6.30. The first-order valence-corrected chi connectivity index (χ1v) is 9.92. The van der Waals surface area contributed by atoms with Gasteiger partial charge in [0.1, 0.15) is 0 Å². The monoisotopic (exact) mass is 407 g/mol. The Morgan fingerprint density at radius 1 is 0.966 bits per heavy atom. The zero-order valence-corrected chi connectivity index (χ0v) is 16.7. The topological polar surface area (TPSA) is 75.6 Å². The predicted molar refractivity (Wildman–Crippen MR) is 113 cm³/mol. The maximum Gasteiger partial charge on any atom is 0.338 e. The van der Waals surface area contributed by atoms with Crippen LogP contribution in [0, 0.1) is 0 Å². The molecule has 3 rings (SSSR count). The summed E-state index contributed by atoms with van der Waals surface area (Å²) >= 11 is 1.54. The number of aliphatic hydroxyl groups excluding tert-OH is 1. The standard InChI is InChI=1S/C23H21NO4S/c1-16(28-23(27)18-13-11-17(15-25)12-14-18)22(26)24-20-9-5-6-10-21(20)29-19-7-3-2-4-8-19/h2-14,16,25H,15H2,1H3,(H,24,26)/t16-/m0/s1. The molecule has 0 saturated heterocycles. The van der Waals surface area contributed by atoms with Crippen LogP contribution in [0.4, 0.5) is 5.69 Å². The number of hydrogen-bond donors (Lipinski definition) is 2. The fourth-order valence-corrected chi connectivity index (χ4v) is 3.46. The molecule has 2 N–H and O–H groups in total. The van der Waals surface area contributed by atoms with Crippen LogP contribution in [-0.2, 0) is 16.1 Å². The van der Waals surface area contributed by atoms with E-state index in [0.29, 0.717) is 16.8 Å². The Morgan fingerprint density at radius 3 is 2.31 bits per heavy atom. The lowest BCUT2D eigenvalue weighted by Gasteiger charge is -2.15. The summed E-state index contributed by atoms with van der Waals surface area (Å²) in [6.45, 7) is 1.43. The lowest BCUT2D eigenvalue weighted by Crippen LogP contribution is -2.30. The van der Waals surface area contributed by atoms with E-state index in [1.54, 1.807) is 24.3 Å². The van der Waals surface area contributed by atoms with E-state index < -0.39 is 18.0 Å². The molecule has 29 heavy (non-hydrogen) atoms. The highest BCUT2D eigenvalue weighted by Gasteiger charge is 2.20. The number of esters is 1. The molecular formula is C23H21NO4S. The SMILES string of the molecule is C[C@H](OC(=O)c1ccc(CO)cc1)C(=O)Nc1ccccc1Sc1ccccc1. The van der Waals surface area contributed by atoms with Crippen LogP contribution in [0.3, 0.4) is 0 Å². The second-order valence-corrected chi connectivity index (χ2v) is 7.42. The van der Waals surface area contributed by atoms with Gasteiger partial charge in [0, 0.05) is 9.79 Å². The van der Waals surface area contributed by atoms with Gasteiger partial charge in [-0.3, -0.25) is 4.79 Å². The number of rotatable bonds is 7. The van der Waals surface area contributed by atoms with Crippen LogP contribution in [-0.4, -0.2) is 23.1 Å². The van der Waals surface area contributed by atoms with Gasteiger partial charge in [-0.1, -0.05) is 54.2 Å². The molecule has 3 aromatic carbocycles. The Bertz CT molecular complexity index is 974. The normalized spacial score (nSPS) is 11.5. The molecule has 0 saturated carbocycles. The molecule has 0 fully saturated rings. The van der Waals surface area contributed by atoms with Crippen molar-refractivity contribution in [3.63, 3.8) is 0 Å². The van der Waals surface area contributed by atoms with Gasteiger partial charge in [-0.05, 0) is 48.9 Å². The van der Waals surface area contributed by atoms with Gasteiger partial charge in [-0.25, -0.2) is 4.79 Å². The van der Waals surface area contributed by atoms with Gasteiger partial charge in [0.2, 0.25) is 0 Å². The number of benzene rings is 3. The van der Waals surface area contributed by atoms with E-state index in [0.717, 1.165) is 9.79 Å². The molecule has 1 amide bonds. The van der Waals surface area contributed by atoms with Crippen molar-refractivity contribution in [3.05, 3.63) is 90.0 Å². The Balaban J connectivity index is 1.64. The number of hydrogen-bond acceptors (Lipinski definition) is 5. The Kier molecular flexibility index (Phi) is 7.05. The molecule has 0 aliphatic carbocycles. The van der Waals surface area contributed by atoms with Gasteiger partial charge in [0.05, 0.1) is 17.9 Å². The van der Waals surface area contributed by atoms with Crippen LogP contribution in [0.2, 0.25) is 0 Å². The molecule has 0 aromatic heterocycles. The summed E-state index contributed by atoms with van der Waals surface area (Å²) in [5.41, 5.74) is 1.67. The minimum absolute atomic E-state index is 0.103. The van der Waals surface area contributed by atoms with Crippen LogP contribution >= 0.6 is 11.8 Å². The molecular weight excluding hydrogens is 386 g/mol. The average Bonchev–Trinajstić information content (AvgIpc) is 2.75. The number of carbonyl (C=O) groups excluding carboxylic acids is 2. The van der Waals surface area contributed by atoms with E-state index in [-0.39, 0.29) is 6.61 Å². The molecule has 0 heterocycles. The third-order valence-corrected chi connectivity index (χ3v) is 5.22. The fraction of sp³-hybridized carbons (Fsp3) is 0.130. The third-order valence-electron chi connectivity index (χ3n) is 4.14. The summed E-state index contributed by atoms with van der Waals surface area (Å²) in [4.78, 5) is 26.8. The highest BCUT2D eigenvalue weighted by molar-refractivity contribution is 7.99. The Hall–Kier alpha value is -3.09. The molecule has 0 unspecified atom stereocenters. The molecule has 6 heteroatoms.